The van der Waals surface area contributed by atoms with Crippen LogP contribution >= 0.6 is 27.7 Å². The van der Waals surface area contributed by atoms with Crippen molar-refractivity contribution in [1.29, 1.82) is 0 Å². The zero-order valence-electron chi connectivity index (χ0n) is 12.4. The SMILES string of the molecule is O=C(CSc1n[nH]c(-c2ccccc2Br)n1)NC[C@@H]1CCCO1. The van der Waals surface area contributed by atoms with Gasteiger partial charge in [0.15, 0.2) is 5.82 Å². The van der Waals surface area contributed by atoms with Gasteiger partial charge in [-0.1, -0.05) is 45.9 Å². The topological polar surface area (TPSA) is 79.9 Å². The molecule has 2 aromatic rings. The Morgan fingerprint density at radius 1 is 1.48 bits per heavy atom. The summed E-state index contributed by atoms with van der Waals surface area (Å²) >= 11 is 4.80. The minimum atomic E-state index is -0.0299. The summed E-state index contributed by atoms with van der Waals surface area (Å²) in [6.07, 6.45) is 2.25. The molecule has 0 radical (unpaired) electrons. The van der Waals surface area contributed by atoms with Crippen molar-refractivity contribution in [3.05, 3.63) is 28.7 Å². The van der Waals surface area contributed by atoms with Crippen molar-refractivity contribution in [1.82, 2.24) is 20.5 Å². The summed E-state index contributed by atoms with van der Waals surface area (Å²) in [6.45, 7) is 1.37. The fraction of sp³-hybridized carbons (Fsp3) is 0.400. The summed E-state index contributed by atoms with van der Waals surface area (Å²) < 4.78 is 6.42. The van der Waals surface area contributed by atoms with E-state index in [9.17, 15) is 4.79 Å². The van der Waals surface area contributed by atoms with E-state index < -0.39 is 0 Å². The fourth-order valence-electron chi connectivity index (χ4n) is 2.30. The Morgan fingerprint density at radius 3 is 3.13 bits per heavy atom. The van der Waals surface area contributed by atoms with Gasteiger partial charge in [0.05, 0.1) is 11.9 Å². The van der Waals surface area contributed by atoms with Gasteiger partial charge in [-0.2, -0.15) is 0 Å². The lowest BCUT2D eigenvalue weighted by Gasteiger charge is -2.09. The van der Waals surface area contributed by atoms with Crippen molar-refractivity contribution in [2.24, 2.45) is 0 Å². The van der Waals surface area contributed by atoms with Crippen molar-refractivity contribution < 1.29 is 9.53 Å². The van der Waals surface area contributed by atoms with Crippen LogP contribution in [0.25, 0.3) is 11.4 Å². The number of thioether (sulfide) groups is 1. The molecule has 0 spiro atoms. The highest BCUT2D eigenvalue weighted by molar-refractivity contribution is 9.10. The van der Waals surface area contributed by atoms with Crippen LogP contribution in [0, 0.1) is 0 Å². The lowest BCUT2D eigenvalue weighted by Crippen LogP contribution is -2.32. The second-order valence-electron chi connectivity index (χ2n) is 5.17. The number of aromatic nitrogens is 3. The van der Waals surface area contributed by atoms with Gasteiger partial charge in [-0.15, -0.1) is 5.10 Å². The molecule has 1 saturated heterocycles. The molecular weight excluding hydrogens is 380 g/mol. The lowest BCUT2D eigenvalue weighted by atomic mass is 10.2. The third kappa shape index (κ3) is 4.55. The van der Waals surface area contributed by atoms with Crippen LogP contribution in [-0.2, 0) is 9.53 Å². The zero-order valence-corrected chi connectivity index (χ0v) is 14.8. The maximum absolute atomic E-state index is 11.8. The van der Waals surface area contributed by atoms with Gasteiger partial charge >= 0.3 is 0 Å². The van der Waals surface area contributed by atoms with E-state index in [1.807, 2.05) is 24.3 Å². The molecule has 3 rings (SSSR count). The molecule has 2 N–H and O–H groups in total. The molecular formula is C15H17BrN4O2S. The van der Waals surface area contributed by atoms with Crippen molar-refractivity contribution >= 4 is 33.6 Å². The van der Waals surface area contributed by atoms with Crippen LogP contribution in [0.3, 0.4) is 0 Å². The summed E-state index contributed by atoms with van der Waals surface area (Å²) in [5.74, 6) is 0.942. The van der Waals surface area contributed by atoms with Crippen molar-refractivity contribution in [3.63, 3.8) is 0 Å². The van der Waals surface area contributed by atoms with E-state index in [4.69, 9.17) is 4.74 Å². The molecule has 1 aromatic heterocycles. The lowest BCUT2D eigenvalue weighted by molar-refractivity contribution is -0.119. The zero-order chi connectivity index (χ0) is 16.1. The summed E-state index contributed by atoms with van der Waals surface area (Å²) in [5, 5.41) is 10.5. The van der Waals surface area contributed by atoms with Crippen LogP contribution in [0.15, 0.2) is 33.9 Å². The maximum Gasteiger partial charge on any atom is 0.230 e. The summed E-state index contributed by atoms with van der Waals surface area (Å²) in [4.78, 5) is 16.3. The van der Waals surface area contributed by atoms with Crippen LogP contribution in [0.5, 0.6) is 0 Å². The van der Waals surface area contributed by atoms with E-state index in [-0.39, 0.29) is 12.0 Å². The molecule has 0 saturated carbocycles. The first-order chi connectivity index (χ1) is 11.2. The molecule has 122 valence electrons. The van der Waals surface area contributed by atoms with Crippen LogP contribution < -0.4 is 5.32 Å². The molecule has 2 heterocycles. The number of ether oxygens (including phenoxy) is 1. The quantitative estimate of drug-likeness (QED) is 0.733. The number of H-pyrrole nitrogens is 1. The molecule has 0 aliphatic carbocycles. The van der Waals surface area contributed by atoms with Crippen LogP contribution in [-0.4, -0.2) is 46.1 Å². The minimum Gasteiger partial charge on any atom is -0.376 e. The number of carbonyl (C=O) groups is 1. The van der Waals surface area contributed by atoms with Crippen molar-refractivity contribution in [3.8, 4) is 11.4 Å². The van der Waals surface area contributed by atoms with E-state index in [1.165, 1.54) is 11.8 Å². The number of nitrogens with one attached hydrogen (secondary N) is 2. The first kappa shape index (κ1) is 16.5. The normalized spacial score (nSPS) is 17.3. The molecule has 6 nitrogen and oxygen atoms in total. The van der Waals surface area contributed by atoms with Crippen molar-refractivity contribution in [2.75, 3.05) is 18.9 Å². The molecule has 23 heavy (non-hydrogen) atoms. The van der Waals surface area contributed by atoms with Crippen molar-refractivity contribution in [2.45, 2.75) is 24.1 Å². The molecule has 1 amide bonds. The molecule has 1 aliphatic heterocycles. The second kappa shape index (κ2) is 7.94. The smallest absolute Gasteiger partial charge is 0.230 e. The van der Waals surface area contributed by atoms with Crippen LogP contribution in [0.2, 0.25) is 0 Å². The standard InChI is InChI=1S/C15H17BrN4O2S/c16-12-6-2-1-5-11(12)14-18-15(20-19-14)23-9-13(21)17-8-10-4-3-7-22-10/h1-2,5-6,10H,3-4,7-9H2,(H,17,21)(H,18,19,20)/t10-/m0/s1. The Kier molecular flexibility index (Phi) is 5.69. The van der Waals surface area contributed by atoms with E-state index >= 15 is 0 Å². The Labute approximate surface area is 146 Å². The number of rotatable bonds is 6. The van der Waals surface area contributed by atoms with Gasteiger partial charge in [-0.3, -0.25) is 9.89 Å². The van der Waals surface area contributed by atoms with Gasteiger partial charge in [0.25, 0.3) is 0 Å². The number of benzene rings is 1. The predicted octanol–water partition coefficient (Wildman–Crippen LogP) is 2.62. The largest absolute Gasteiger partial charge is 0.376 e. The van der Waals surface area contributed by atoms with Crippen LogP contribution in [0.1, 0.15) is 12.8 Å². The molecule has 1 fully saturated rings. The molecule has 0 unspecified atom stereocenters. The third-order valence-electron chi connectivity index (χ3n) is 3.48. The van der Waals surface area contributed by atoms with Gasteiger partial charge in [0, 0.05) is 23.2 Å². The average Bonchev–Trinajstić information content (AvgIpc) is 3.23. The molecule has 8 heteroatoms. The molecule has 1 aliphatic rings. The number of aromatic amines is 1. The summed E-state index contributed by atoms with van der Waals surface area (Å²) in [5.41, 5.74) is 0.940. The highest BCUT2D eigenvalue weighted by Crippen LogP contribution is 2.26. The van der Waals surface area contributed by atoms with E-state index in [1.54, 1.807) is 0 Å². The number of nitrogens with zero attached hydrogens (tertiary/aromatic N) is 2. The van der Waals surface area contributed by atoms with E-state index in [0.29, 0.717) is 23.3 Å². The minimum absolute atomic E-state index is 0.0299. The van der Waals surface area contributed by atoms with Gasteiger partial charge in [0.1, 0.15) is 0 Å². The number of amides is 1. The number of hydrogen-bond donors (Lipinski definition) is 2. The van der Waals surface area contributed by atoms with Gasteiger partial charge < -0.3 is 10.1 Å². The molecule has 0 bridgehead atoms. The van der Waals surface area contributed by atoms with Gasteiger partial charge in [-0.05, 0) is 18.9 Å². The highest BCUT2D eigenvalue weighted by Gasteiger charge is 2.16. The number of halogens is 1. The molecule has 1 atom stereocenters. The predicted molar refractivity (Wildman–Crippen MR) is 92.2 cm³/mol. The second-order valence-corrected chi connectivity index (χ2v) is 6.97. The van der Waals surface area contributed by atoms with Gasteiger partial charge in [-0.25, -0.2) is 4.98 Å². The van der Waals surface area contributed by atoms with Crippen LogP contribution in [0.4, 0.5) is 0 Å². The first-order valence-electron chi connectivity index (χ1n) is 7.41. The highest BCUT2D eigenvalue weighted by atomic mass is 79.9. The first-order valence-corrected chi connectivity index (χ1v) is 9.18. The van der Waals surface area contributed by atoms with Gasteiger partial charge in [0.2, 0.25) is 11.1 Å². The maximum atomic E-state index is 11.8. The Bertz CT molecular complexity index is 673. The third-order valence-corrected chi connectivity index (χ3v) is 5.02. The Balaban J connectivity index is 1.49. The monoisotopic (exact) mass is 396 g/mol. The Hall–Kier alpha value is -1.38. The fourth-order valence-corrected chi connectivity index (χ4v) is 3.40. The number of hydrogen-bond acceptors (Lipinski definition) is 5. The number of carbonyl (C=O) groups excluding carboxylic acids is 1. The summed E-state index contributed by atoms with van der Waals surface area (Å²) in [7, 11) is 0. The summed E-state index contributed by atoms with van der Waals surface area (Å²) in [6, 6.07) is 7.78. The van der Waals surface area contributed by atoms with E-state index in [0.717, 1.165) is 29.5 Å². The Morgan fingerprint density at radius 2 is 2.35 bits per heavy atom. The average molecular weight is 397 g/mol. The van der Waals surface area contributed by atoms with E-state index in [2.05, 4.69) is 36.4 Å². The molecule has 1 aromatic carbocycles.